The molecule has 0 spiro atoms. The Morgan fingerprint density at radius 1 is 0.929 bits per heavy atom. The van der Waals surface area contributed by atoms with E-state index in [1.54, 1.807) is 0 Å². The summed E-state index contributed by atoms with van der Waals surface area (Å²) < 4.78 is 19.3. The van der Waals surface area contributed by atoms with Gasteiger partial charge in [-0.1, -0.05) is 49.7 Å². The third-order valence-corrected chi connectivity index (χ3v) is 0.940. The van der Waals surface area contributed by atoms with Crippen LogP contribution in [0.4, 0.5) is 0 Å². The lowest BCUT2D eigenvalue weighted by Gasteiger charge is -1.82. The molecule has 14 heavy (non-hydrogen) atoms. The van der Waals surface area contributed by atoms with Gasteiger partial charge in [-0.2, -0.15) is 0 Å². The molecule has 1 aromatic carbocycles. The van der Waals surface area contributed by atoms with Crippen LogP contribution >= 0.6 is 0 Å². The zero-order valence-corrected chi connectivity index (χ0v) is 10.4. The summed E-state index contributed by atoms with van der Waals surface area (Å²) in [4.78, 5) is 0. The molecule has 1 aromatic rings. The van der Waals surface area contributed by atoms with E-state index >= 15 is 0 Å². The first-order valence-corrected chi connectivity index (χ1v) is 6.86. The first-order valence-electron chi connectivity index (χ1n) is 4.56. The topological polar surface area (TPSA) is 34.1 Å². The second-order valence-electron chi connectivity index (χ2n) is 2.80. The molecule has 0 bridgehead atoms. The second-order valence-corrected chi connectivity index (χ2v) is 5.08. The van der Waals surface area contributed by atoms with E-state index in [1.807, 2.05) is 32.0 Å². The van der Waals surface area contributed by atoms with Crippen molar-refractivity contribution in [2.75, 3.05) is 12.5 Å². The minimum Gasteiger partial charge on any atom is -0.229 e. The van der Waals surface area contributed by atoms with Crippen molar-refractivity contribution in [3.63, 3.8) is 0 Å². The lowest BCUT2D eigenvalue weighted by atomic mass is 10.2. The van der Waals surface area contributed by atoms with E-state index in [1.165, 1.54) is 5.56 Å². The van der Waals surface area contributed by atoms with E-state index in [4.69, 9.17) is 0 Å². The molecule has 0 aromatic heterocycles. The summed E-state index contributed by atoms with van der Waals surface area (Å²) in [6.45, 7) is 6.08. The number of hydrogen-bond acceptors (Lipinski definition) is 2. The van der Waals surface area contributed by atoms with Crippen LogP contribution < -0.4 is 0 Å². The van der Waals surface area contributed by atoms with Crippen LogP contribution in [0.5, 0.6) is 0 Å². The summed E-state index contributed by atoms with van der Waals surface area (Å²) in [6, 6.07) is 10.3. The van der Waals surface area contributed by atoms with E-state index in [2.05, 4.69) is 19.1 Å². The maximum Gasteiger partial charge on any atom is 0.144 e. The standard InChI is InChI=1S/C7H8.C2H6O2S.C2H6/c1-7-5-3-2-4-6-7;1-5(2,3)4;1-2/h2-6H,1H3;1-2H3;1-2H3. The summed E-state index contributed by atoms with van der Waals surface area (Å²) in [5, 5.41) is 0. The number of aryl methyl sites for hydroxylation is 1. The largest absolute Gasteiger partial charge is 0.229 e. The van der Waals surface area contributed by atoms with Gasteiger partial charge in [0, 0.05) is 12.5 Å². The van der Waals surface area contributed by atoms with Crippen LogP contribution in [0.15, 0.2) is 30.3 Å². The number of sulfone groups is 1. The van der Waals surface area contributed by atoms with Crippen molar-refractivity contribution in [1.82, 2.24) is 0 Å². The van der Waals surface area contributed by atoms with E-state index in [-0.39, 0.29) is 0 Å². The van der Waals surface area contributed by atoms with Crippen LogP contribution in [0.25, 0.3) is 0 Å². The molecule has 0 N–H and O–H groups in total. The lowest BCUT2D eigenvalue weighted by Crippen LogP contribution is -1.86. The van der Waals surface area contributed by atoms with Gasteiger partial charge in [-0.05, 0) is 6.92 Å². The Kier molecular flexibility index (Phi) is 9.78. The zero-order chi connectivity index (χ0) is 11.6. The van der Waals surface area contributed by atoms with Gasteiger partial charge in [-0.25, -0.2) is 8.42 Å². The third-order valence-electron chi connectivity index (χ3n) is 0.940. The van der Waals surface area contributed by atoms with Crippen molar-refractivity contribution in [1.29, 1.82) is 0 Å². The molecule has 0 amide bonds. The smallest absolute Gasteiger partial charge is 0.144 e. The molecule has 0 radical (unpaired) electrons. The minimum absolute atomic E-state index is 1.16. The van der Waals surface area contributed by atoms with Crippen molar-refractivity contribution in [2.45, 2.75) is 20.8 Å². The summed E-state index contributed by atoms with van der Waals surface area (Å²) >= 11 is 0. The Morgan fingerprint density at radius 2 is 1.21 bits per heavy atom. The van der Waals surface area contributed by atoms with E-state index in [0.717, 1.165) is 12.5 Å². The highest BCUT2D eigenvalue weighted by molar-refractivity contribution is 7.89. The predicted molar refractivity (Wildman–Crippen MR) is 63.3 cm³/mol. The van der Waals surface area contributed by atoms with Crippen LogP contribution in [0.3, 0.4) is 0 Å². The average Bonchev–Trinajstić information content (AvgIpc) is 2.06. The van der Waals surface area contributed by atoms with E-state index < -0.39 is 9.84 Å². The molecule has 82 valence electrons. The maximum absolute atomic E-state index is 9.63. The van der Waals surface area contributed by atoms with Crippen LogP contribution in [0.1, 0.15) is 19.4 Å². The van der Waals surface area contributed by atoms with E-state index in [0.29, 0.717) is 0 Å². The fourth-order valence-electron chi connectivity index (χ4n) is 0.534. The van der Waals surface area contributed by atoms with Crippen LogP contribution in [0, 0.1) is 6.92 Å². The molecule has 0 saturated heterocycles. The monoisotopic (exact) mass is 216 g/mol. The molecule has 0 saturated carbocycles. The van der Waals surface area contributed by atoms with Gasteiger partial charge >= 0.3 is 0 Å². The average molecular weight is 216 g/mol. The fraction of sp³-hybridized carbons (Fsp3) is 0.455. The number of rotatable bonds is 0. The second kappa shape index (κ2) is 8.75. The maximum atomic E-state index is 9.63. The molecule has 1 rings (SSSR count). The highest BCUT2D eigenvalue weighted by Gasteiger charge is 1.79. The highest BCUT2D eigenvalue weighted by atomic mass is 32.2. The molecule has 0 aliphatic rings. The molecular weight excluding hydrogens is 196 g/mol. The van der Waals surface area contributed by atoms with Crippen molar-refractivity contribution in [2.24, 2.45) is 0 Å². The Hall–Kier alpha value is -0.830. The SMILES string of the molecule is CC.CS(C)(=O)=O.Cc1ccccc1. The normalized spacial score (nSPS) is 8.93. The quantitative estimate of drug-likeness (QED) is 0.668. The van der Waals surface area contributed by atoms with Gasteiger partial charge in [-0.15, -0.1) is 0 Å². The van der Waals surface area contributed by atoms with Gasteiger partial charge in [-0.3, -0.25) is 0 Å². The van der Waals surface area contributed by atoms with Crippen LogP contribution in [0.2, 0.25) is 0 Å². The number of benzene rings is 1. The van der Waals surface area contributed by atoms with Crippen molar-refractivity contribution in [3.8, 4) is 0 Å². The number of hydrogen-bond donors (Lipinski definition) is 0. The summed E-state index contributed by atoms with van der Waals surface area (Å²) in [7, 11) is -2.67. The third kappa shape index (κ3) is 22.5. The van der Waals surface area contributed by atoms with Gasteiger partial charge in [0.25, 0.3) is 0 Å². The Balaban J connectivity index is 0. The Morgan fingerprint density at radius 3 is 1.36 bits per heavy atom. The summed E-state index contributed by atoms with van der Waals surface area (Å²) in [5.41, 5.74) is 1.32. The fourth-order valence-corrected chi connectivity index (χ4v) is 0.534. The molecule has 0 aliphatic heterocycles. The summed E-state index contributed by atoms with van der Waals surface area (Å²) in [6.07, 6.45) is 2.32. The molecule has 0 unspecified atom stereocenters. The van der Waals surface area contributed by atoms with E-state index in [9.17, 15) is 8.42 Å². The highest BCUT2D eigenvalue weighted by Crippen LogP contribution is 1.92. The van der Waals surface area contributed by atoms with Crippen LogP contribution in [-0.2, 0) is 9.84 Å². The van der Waals surface area contributed by atoms with Gasteiger partial charge in [0.05, 0.1) is 0 Å². The summed E-state index contributed by atoms with van der Waals surface area (Å²) in [5.74, 6) is 0. The molecule has 0 heterocycles. The lowest BCUT2D eigenvalue weighted by molar-refractivity contribution is 0.607. The van der Waals surface area contributed by atoms with Crippen molar-refractivity contribution < 1.29 is 8.42 Å². The first-order chi connectivity index (χ1) is 6.39. The van der Waals surface area contributed by atoms with Crippen molar-refractivity contribution >= 4 is 9.84 Å². The zero-order valence-electron chi connectivity index (χ0n) is 9.61. The molecule has 3 heteroatoms. The van der Waals surface area contributed by atoms with Crippen LogP contribution in [-0.4, -0.2) is 20.9 Å². The van der Waals surface area contributed by atoms with Gasteiger partial charge in [0.1, 0.15) is 9.84 Å². The van der Waals surface area contributed by atoms with Crippen molar-refractivity contribution in [3.05, 3.63) is 35.9 Å². The van der Waals surface area contributed by atoms with Gasteiger partial charge < -0.3 is 0 Å². The first kappa shape index (κ1) is 15.6. The predicted octanol–water partition coefficient (Wildman–Crippen LogP) is 2.68. The molecule has 0 aliphatic carbocycles. The minimum atomic E-state index is -2.67. The molecule has 0 fully saturated rings. The Bertz CT molecular complexity index is 293. The Labute approximate surface area is 87.9 Å². The molecular formula is C11H20O2S. The molecule has 2 nitrogen and oxygen atoms in total. The molecule has 0 atom stereocenters. The van der Waals surface area contributed by atoms with Gasteiger partial charge in [0.2, 0.25) is 0 Å². The van der Waals surface area contributed by atoms with Gasteiger partial charge in [0.15, 0.2) is 0 Å².